The first-order chi connectivity index (χ1) is 7.57. The fourth-order valence-corrected chi connectivity index (χ4v) is 2.95. The van der Waals surface area contributed by atoms with E-state index in [4.69, 9.17) is 16.0 Å². The van der Waals surface area contributed by atoms with Crippen molar-refractivity contribution in [2.75, 3.05) is 5.75 Å². The van der Waals surface area contributed by atoms with E-state index in [0.717, 1.165) is 11.1 Å². The molecule has 2 atom stereocenters. The monoisotopic (exact) mass is 243 g/mol. The quantitative estimate of drug-likeness (QED) is 0.248. The van der Waals surface area contributed by atoms with Crippen LogP contribution in [0, 0.1) is 0 Å². The Kier molecular flexibility index (Phi) is 2.60. The van der Waals surface area contributed by atoms with Gasteiger partial charge in [-0.3, -0.25) is 9.69 Å². The van der Waals surface area contributed by atoms with Crippen molar-refractivity contribution in [3.63, 3.8) is 0 Å². The molecular weight excluding hydrogens is 234 g/mol. The van der Waals surface area contributed by atoms with Gasteiger partial charge in [-0.2, -0.15) is 0 Å². The topological polar surface area (TPSA) is 116 Å². The number of fused-ring (bicyclic) bond motifs is 1. The Hall–Kier alpha value is -1.54. The lowest BCUT2D eigenvalue weighted by atomic mass is 10.0. The smallest absolute Gasteiger partial charge is 0.353 e. The Balaban J connectivity index is 2.41. The van der Waals surface area contributed by atoms with Crippen LogP contribution in [0.3, 0.4) is 0 Å². The van der Waals surface area contributed by atoms with Gasteiger partial charge in [0, 0.05) is 11.3 Å². The predicted octanol–water partition coefficient (Wildman–Crippen LogP) is -0.972. The van der Waals surface area contributed by atoms with Crippen molar-refractivity contribution in [3.05, 3.63) is 11.3 Å². The molecule has 0 aromatic carbocycles. The van der Waals surface area contributed by atoms with Crippen LogP contribution in [0.4, 0.5) is 0 Å². The number of carboxylic acids is 1. The van der Waals surface area contributed by atoms with Crippen LogP contribution in [0.25, 0.3) is 0 Å². The molecule has 2 heterocycles. The number of nitrogens with two attached hydrogens (primary N) is 1. The molecule has 7 nitrogen and oxygen atoms in total. The third-order valence-electron chi connectivity index (χ3n) is 2.46. The fraction of sp³-hybridized carbons (Fsp3) is 0.375. The summed E-state index contributed by atoms with van der Waals surface area (Å²) in [6.07, 6.45) is 1.03. The molecule has 2 aliphatic rings. The summed E-state index contributed by atoms with van der Waals surface area (Å²) in [4.78, 5) is 23.6. The number of hydrogen-bond donors (Lipinski definition) is 3. The van der Waals surface area contributed by atoms with E-state index in [9.17, 15) is 9.59 Å². The largest absolute Gasteiger partial charge is 0.477 e. The molecule has 0 aromatic rings. The maximum absolute atomic E-state index is 11.4. The third-order valence-corrected chi connectivity index (χ3v) is 3.78. The predicted molar refractivity (Wildman–Crippen MR) is 56.0 cm³/mol. The molecule has 16 heavy (non-hydrogen) atoms. The molecule has 1 fully saturated rings. The SMILES string of the molecule is NC1C(=O)N2C(C(=O)O)=C(C=NO)CSC12. The van der Waals surface area contributed by atoms with Crippen molar-refractivity contribution in [3.8, 4) is 0 Å². The average Bonchev–Trinajstić information content (AvgIpc) is 2.27. The Bertz CT molecular complexity index is 420. The Morgan fingerprint density at radius 3 is 2.94 bits per heavy atom. The summed E-state index contributed by atoms with van der Waals surface area (Å²) in [6, 6.07) is -0.646. The Morgan fingerprint density at radius 1 is 1.69 bits per heavy atom. The first-order valence-corrected chi connectivity index (χ1v) is 5.47. The van der Waals surface area contributed by atoms with E-state index < -0.39 is 17.9 Å². The van der Waals surface area contributed by atoms with Gasteiger partial charge in [0.05, 0.1) is 6.21 Å². The molecule has 1 saturated heterocycles. The highest BCUT2D eigenvalue weighted by Gasteiger charge is 2.51. The van der Waals surface area contributed by atoms with Crippen molar-refractivity contribution in [2.45, 2.75) is 11.4 Å². The number of amides is 1. The molecule has 0 bridgehead atoms. The van der Waals surface area contributed by atoms with E-state index in [2.05, 4.69) is 5.16 Å². The summed E-state index contributed by atoms with van der Waals surface area (Å²) in [7, 11) is 0. The van der Waals surface area contributed by atoms with Gasteiger partial charge in [-0.15, -0.1) is 11.8 Å². The number of β-lactam (4-membered cyclic amide) rings is 1. The lowest BCUT2D eigenvalue weighted by Gasteiger charge is -2.47. The first-order valence-electron chi connectivity index (χ1n) is 4.42. The minimum Gasteiger partial charge on any atom is -0.477 e. The standard InChI is InChI=1S/C8H9N3O4S/c9-4-6(12)11-5(8(13)14)3(1-10-15)2-16-7(4)11/h1,4,7,15H,2,9H2,(H,13,14). The Labute approximate surface area is 94.6 Å². The minimum atomic E-state index is -1.22. The summed E-state index contributed by atoms with van der Waals surface area (Å²) < 4.78 is 0. The molecule has 0 spiro atoms. The van der Waals surface area contributed by atoms with Gasteiger partial charge in [0.15, 0.2) is 0 Å². The van der Waals surface area contributed by atoms with Gasteiger partial charge in [0.2, 0.25) is 5.91 Å². The van der Waals surface area contributed by atoms with Crippen molar-refractivity contribution in [1.82, 2.24) is 4.90 Å². The van der Waals surface area contributed by atoms with Crippen LogP contribution in [0.2, 0.25) is 0 Å². The number of oxime groups is 1. The van der Waals surface area contributed by atoms with Crippen molar-refractivity contribution in [2.24, 2.45) is 10.9 Å². The number of nitrogens with zero attached hydrogens (tertiary/aromatic N) is 2. The third kappa shape index (κ3) is 1.38. The van der Waals surface area contributed by atoms with Crippen LogP contribution in [0.1, 0.15) is 0 Å². The van der Waals surface area contributed by atoms with E-state index in [1.54, 1.807) is 0 Å². The molecule has 0 saturated carbocycles. The molecule has 86 valence electrons. The molecule has 2 unspecified atom stereocenters. The van der Waals surface area contributed by atoms with Crippen LogP contribution in [0.5, 0.6) is 0 Å². The normalized spacial score (nSPS) is 29.3. The molecule has 1 amide bonds. The lowest BCUT2D eigenvalue weighted by Crippen LogP contribution is -2.68. The van der Waals surface area contributed by atoms with E-state index >= 15 is 0 Å². The zero-order chi connectivity index (χ0) is 11.9. The number of hydrogen-bond acceptors (Lipinski definition) is 6. The lowest BCUT2D eigenvalue weighted by molar-refractivity contribution is -0.147. The van der Waals surface area contributed by atoms with E-state index in [1.165, 1.54) is 11.8 Å². The number of aliphatic carboxylic acids is 1. The number of rotatable bonds is 2. The van der Waals surface area contributed by atoms with Gasteiger partial charge >= 0.3 is 5.97 Å². The highest BCUT2D eigenvalue weighted by molar-refractivity contribution is 8.00. The maximum Gasteiger partial charge on any atom is 0.353 e. The van der Waals surface area contributed by atoms with E-state index in [-0.39, 0.29) is 11.1 Å². The molecule has 4 N–H and O–H groups in total. The number of thioether (sulfide) groups is 1. The average molecular weight is 243 g/mol. The molecular formula is C8H9N3O4S. The second kappa shape index (κ2) is 3.80. The van der Waals surface area contributed by atoms with Crippen LogP contribution in [-0.2, 0) is 9.59 Å². The summed E-state index contributed by atoms with van der Waals surface area (Å²) in [5.74, 6) is -1.28. The minimum absolute atomic E-state index is 0.145. The molecule has 0 aromatic heterocycles. The number of carboxylic acid groups (broad SMARTS) is 1. The summed E-state index contributed by atoms with van der Waals surface area (Å²) in [5, 5.41) is 19.9. The van der Waals surface area contributed by atoms with Crippen LogP contribution < -0.4 is 5.73 Å². The second-order valence-corrected chi connectivity index (χ2v) is 4.46. The van der Waals surface area contributed by atoms with Gasteiger partial charge in [0.1, 0.15) is 17.1 Å². The second-order valence-electron chi connectivity index (χ2n) is 3.36. The zero-order valence-corrected chi connectivity index (χ0v) is 8.85. The fourth-order valence-electron chi connectivity index (χ4n) is 1.71. The summed E-state index contributed by atoms with van der Waals surface area (Å²) in [6.45, 7) is 0. The van der Waals surface area contributed by atoms with Gasteiger partial charge in [-0.05, 0) is 0 Å². The van der Waals surface area contributed by atoms with Crippen LogP contribution in [0.15, 0.2) is 16.4 Å². The van der Waals surface area contributed by atoms with Crippen LogP contribution in [-0.4, -0.2) is 50.5 Å². The van der Waals surface area contributed by atoms with Crippen molar-refractivity contribution < 1.29 is 19.9 Å². The van der Waals surface area contributed by atoms with Crippen LogP contribution >= 0.6 is 11.8 Å². The van der Waals surface area contributed by atoms with E-state index in [0.29, 0.717) is 11.3 Å². The van der Waals surface area contributed by atoms with Gasteiger partial charge in [-0.1, -0.05) is 5.16 Å². The molecule has 2 aliphatic heterocycles. The van der Waals surface area contributed by atoms with Crippen molar-refractivity contribution in [1.29, 1.82) is 0 Å². The summed E-state index contributed by atoms with van der Waals surface area (Å²) in [5.41, 5.74) is 5.70. The maximum atomic E-state index is 11.4. The molecule has 2 rings (SSSR count). The van der Waals surface area contributed by atoms with Crippen molar-refractivity contribution >= 4 is 29.9 Å². The molecule has 0 aliphatic carbocycles. The van der Waals surface area contributed by atoms with Gasteiger partial charge < -0.3 is 16.0 Å². The number of carbonyl (C=O) groups is 2. The molecule has 0 radical (unpaired) electrons. The highest BCUT2D eigenvalue weighted by Crippen LogP contribution is 2.38. The first kappa shape index (κ1) is 11.0. The van der Waals surface area contributed by atoms with Gasteiger partial charge in [-0.25, -0.2) is 4.79 Å². The van der Waals surface area contributed by atoms with E-state index in [1.807, 2.05) is 0 Å². The molecule has 8 heteroatoms. The summed E-state index contributed by atoms with van der Waals surface area (Å²) >= 11 is 1.35. The highest BCUT2D eigenvalue weighted by atomic mass is 32.2. The number of carbonyl (C=O) groups excluding carboxylic acids is 1. The Morgan fingerprint density at radius 2 is 2.38 bits per heavy atom. The zero-order valence-electron chi connectivity index (χ0n) is 8.03. The van der Waals surface area contributed by atoms with Gasteiger partial charge in [0.25, 0.3) is 0 Å².